The second-order valence-electron chi connectivity index (χ2n) is 4.82. The van der Waals surface area contributed by atoms with Gasteiger partial charge in [-0.25, -0.2) is 4.98 Å². The third-order valence-corrected chi connectivity index (χ3v) is 3.65. The molecule has 0 aliphatic rings. The summed E-state index contributed by atoms with van der Waals surface area (Å²) in [5.41, 5.74) is 2.56. The number of hydrogen-bond acceptors (Lipinski definition) is 3. The number of nitrogens with one attached hydrogen (secondary N) is 1. The normalized spacial score (nSPS) is 10.6. The molecule has 2 aromatic rings. The van der Waals surface area contributed by atoms with Crippen molar-refractivity contribution in [1.29, 1.82) is 0 Å². The average molecular weight is 334 g/mol. The van der Waals surface area contributed by atoms with E-state index in [1.54, 1.807) is 0 Å². The number of anilines is 1. The second-order valence-corrected chi connectivity index (χ2v) is 5.74. The molecule has 2 rings (SSSR count). The van der Waals surface area contributed by atoms with Crippen molar-refractivity contribution in [2.24, 2.45) is 0 Å². The van der Waals surface area contributed by atoms with Gasteiger partial charge >= 0.3 is 0 Å². The lowest BCUT2D eigenvalue weighted by molar-refractivity contribution is 0.790. The molecular weight excluding hydrogens is 314 g/mol. The Kier molecular flexibility index (Phi) is 5.56. The van der Waals surface area contributed by atoms with E-state index in [0.29, 0.717) is 0 Å². The molecular formula is C16H20BrN3. The Morgan fingerprint density at radius 2 is 2.00 bits per heavy atom. The molecule has 0 unspecified atom stereocenters. The lowest BCUT2D eigenvalue weighted by atomic mass is 10.1. The van der Waals surface area contributed by atoms with Gasteiger partial charge in [-0.3, -0.25) is 0 Å². The monoisotopic (exact) mass is 333 g/mol. The minimum absolute atomic E-state index is 0.817. The van der Waals surface area contributed by atoms with Crippen molar-refractivity contribution in [2.75, 3.05) is 25.5 Å². The third kappa shape index (κ3) is 4.05. The summed E-state index contributed by atoms with van der Waals surface area (Å²) in [5.74, 6) is 1.04. The van der Waals surface area contributed by atoms with Crippen LogP contribution in [0.4, 0.5) is 5.82 Å². The van der Waals surface area contributed by atoms with Crippen molar-refractivity contribution in [2.45, 2.75) is 13.0 Å². The van der Waals surface area contributed by atoms with Crippen molar-refractivity contribution < 1.29 is 0 Å². The van der Waals surface area contributed by atoms with Crippen molar-refractivity contribution in [3.8, 4) is 0 Å². The van der Waals surface area contributed by atoms with Gasteiger partial charge in [-0.1, -0.05) is 30.3 Å². The molecule has 0 bridgehead atoms. The maximum Gasteiger partial charge on any atom is 0.132 e. The molecule has 0 saturated carbocycles. The molecule has 3 nitrogen and oxygen atoms in total. The lowest BCUT2D eigenvalue weighted by Gasteiger charge is -2.21. The van der Waals surface area contributed by atoms with Crippen molar-refractivity contribution in [3.63, 3.8) is 0 Å². The average Bonchev–Trinajstić information content (AvgIpc) is 2.46. The molecule has 20 heavy (non-hydrogen) atoms. The van der Waals surface area contributed by atoms with E-state index in [4.69, 9.17) is 0 Å². The molecule has 0 saturated heterocycles. The smallest absolute Gasteiger partial charge is 0.132 e. The van der Waals surface area contributed by atoms with Gasteiger partial charge in [-0.2, -0.15) is 0 Å². The van der Waals surface area contributed by atoms with Gasteiger partial charge in [-0.05, 0) is 41.0 Å². The van der Waals surface area contributed by atoms with Crippen LogP contribution in [0.1, 0.15) is 11.1 Å². The molecule has 0 aliphatic carbocycles. The van der Waals surface area contributed by atoms with Crippen LogP contribution in [0.2, 0.25) is 0 Å². The van der Waals surface area contributed by atoms with Crippen LogP contribution in [0.3, 0.4) is 0 Å². The molecule has 0 atom stereocenters. The van der Waals surface area contributed by atoms with E-state index in [9.17, 15) is 0 Å². The minimum atomic E-state index is 0.817. The highest BCUT2D eigenvalue weighted by Gasteiger charge is 2.09. The lowest BCUT2D eigenvalue weighted by Crippen LogP contribution is -2.24. The number of likely N-dealkylation sites (N-methyl/N-ethyl adjacent to an activating group) is 1. The first-order valence-corrected chi connectivity index (χ1v) is 7.54. The van der Waals surface area contributed by atoms with Gasteiger partial charge in [0.25, 0.3) is 0 Å². The molecule has 106 valence electrons. The Bertz CT molecular complexity index is 543. The van der Waals surface area contributed by atoms with E-state index >= 15 is 0 Å². The molecule has 0 aliphatic heterocycles. The Morgan fingerprint density at radius 1 is 1.25 bits per heavy atom. The predicted molar refractivity (Wildman–Crippen MR) is 88.1 cm³/mol. The van der Waals surface area contributed by atoms with Crippen LogP contribution in [0.25, 0.3) is 0 Å². The SMILES string of the molecule is CNCc1cc(Br)cnc1N(C)CCc1ccccc1. The molecule has 4 heteroatoms. The fourth-order valence-electron chi connectivity index (χ4n) is 2.19. The van der Waals surface area contributed by atoms with E-state index in [0.717, 1.165) is 29.8 Å². The van der Waals surface area contributed by atoms with Crippen LogP contribution in [-0.4, -0.2) is 25.6 Å². The highest BCUT2D eigenvalue weighted by atomic mass is 79.9. The highest BCUT2D eigenvalue weighted by molar-refractivity contribution is 9.10. The fourth-order valence-corrected chi connectivity index (χ4v) is 2.56. The molecule has 0 radical (unpaired) electrons. The summed E-state index contributed by atoms with van der Waals surface area (Å²) in [5, 5.41) is 3.19. The maximum atomic E-state index is 4.55. The van der Waals surface area contributed by atoms with Gasteiger partial charge in [0, 0.05) is 36.4 Å². The van der Waals surface area contributed by atoms with Crippen molar-refractivity contribution >= 4 is 21.7 Å². The Morgan fingerprint density at radius 3 is 2.70 bits per heavy atom. The van der Waals surface area contributed by atoms with Crippen LogP contribution < -0.4 is 10.2 Å². The number of hydrogen-bond donors (Lipinski definition) is 1. The first-order valence-electron chi connectivity index (χ1n) is 6.75. The molecule has 1 aromatic carbocycles. The van der Waals surface area contributed by atoms with E-state index in [-0.39, 0.29) is 0 Å². The minimum Gasteiger partial charge on any atom is -0.359 e. The van der Waals surface area contributed by atoms with Crippen LogP contribution in [0.15, 0.2) is 47.1 Å². The van der Waals surface area contributed by atoms with Gasteiger partial charge in [0.1, 0.15) is 5.82 Å². The number of aromatic nitrogens is 1. The maximum absolute atomic E-state index is 4.55. The molecule has 1 aromatic heterocycles. The number of benzene rings is 1. The Balaban J connectivity index is 2.06. The van der Waals surface area contributed by atoms with Crippen LogP contribution >= 0.6 is 15.9 Å². The Hall–Kier alpha value is -1.39. The molecule has 1 heterocycles. The van der Waals surface area contributed by atoms with Gasteiger partial charge in [0.2, 0.25) is 0 Å². The number of pyridine rings is 1. The van der Waals surface area contributed by atoms with Crippen molar-refractivity contribution in [3.05, 3.63) is 58.2 Å². The zero-order chi connectivity index (χ0) is 14.4. The standard InChI is InChI=1S/C16H20BrN3/c1-18-11-14-10-15(17)12-19-16(14)20(2)9-8-13-6-4-3-5-7-13/h3-7,10,12,18H,8-9,11H2,1-2H3. The summed E-state index contributed by atoms with van der Waals surface area (Å²) in [6.07, 6.45) is 2.88. The summed E-state index contributed by atoms with van der Waals surface area (Å²) < 4.78 is 1.02. The van der Waals surface area contributed by atoms with Crippen LogP contribution in [0.5, 0.6) is 0 Å². The zero-order valence-corrected chi connectivity index (χ0v) is 13.5. The third-order valence-electron chi connectivity index (χ3n) is 3.22. The van der Waals surface area contributed by atoms with Crippen molar-refractivity contribution in [1.82, 2.24) is 10.3 Å². The van der Waals surface area contributed by atoms with Gasteiger partial charge in [0.05, 0.1) is 0 Å². The quantitative estimate of drug-likeness (QED) is 0.879. The van der Waals surface area contributed by atoms with Gasteiger partial charge in [0.15, 0.2) is 0 Å². The van der Waals surface area contributed by atoms with Gasteiger partial charge < -0.3 is 10.2 Å². The van der Waals surface area contributed by atoms with Crippen LogP contribution in [-0.2, 0) is 13.0 Å². The molecule has 0 amide bonds. The van der Waals surface area contributed by atoms with E-state index in [1.165, 1.54) is 11.1 Å². The van der Waals surface area contributed by atoms with E-state index < -0.39 is 0 Å². The molecule has 0 fully saturated rings. The highest BCUT2D eigenvalue weighted by Crippen LogP contribution is 2.21. The van der Waals surface area contributed by atoms with E-state index in [1.807, 2.05) is 13.2 Å². The predicted octanol–water partition coefficient (Wildman–Crippen LogP) is 3.24. The van der Waals surface area contributed by atoms with E-state index in [2.05, 4.69) is 74.6 Å². The fraction of sp³-hybridized carbons (Fsp3) is 0.312. The first-order chi connectivity index (χ1) is 9.70. The summed E-state index contributed by atoms with van der Waals surface area (Å²) in [7, 11) is 4.05. The zero-order valence-electron chi connectivity index (χ0n) is 11.9. The summed E-state index contributed by atoms with van der Waals surface area (Å²) in [6, 6.07) is 12.7. The summed E-state index contributed by atoms with van der Waals surface area (Å²) in [6.45, 7) is 1.77. The summed E-state index contributed by atoms with van der Waals surface area (Å²) in [4.78, 5) is 6.76. The topological polar surface area (TPSA) is 28.2 Å². The number of nitrogens with zero attached hydrogens (tertiary/aromatic N) is 2. The second kappa shape index (κ2) is 7.41. The number of rotatable bonds is 6. The molecule has 0 spiro atoms. The van der Waals surface area contributed by atoms with Crippen LogP contribution in [0, 0.1) is 0 Å². The first kappa shape index (κ1) is 15.0. The van der Waals surface area contributed by atoms with Gasteiger partial charge in [-0.15, -0.1) is 0 Å². The molecule has 1 N–H and O–H groups in total. The summed E-state index contributed by atoms with van der Waals surface area (Å²) >= 11 is 3.48. The largest absolute Gasteiger partial charge is 0.359 e. The Labute approximate surface area is 129 Å². The number of halogens is 1.